The largest absolute Gasteiger partial charge is 0.480 e. The summed E-state index contributed by atoms with van der Waals surface area (Å²) in [7, 11) is 0. The van der Waals surface area contributed by atoms with Crippen molar-refractivity contribution in [3.05, 3.63) is 34.4 Å². The van der Waals surface area contributed by atoms with Gasteiger partial charge in [0.15, 0.2) is 6.04 Å². The second-order valence-electron chi connectivity index (χ2n) is 4.23. The van der Waals surface area contributed by atoms with Gasteiger partial charge in [0, 0.05) is 12.0 Å². The number of carboxylic acid groups (broad SMARTS) is 1. The number of carbonyl (C=O) groups is 2. The van der Waals surface area contributed by atoms with Crippen molar-refractivity contribution in [1.29, 1.82) is 0 Å². The van der Waals surface area contributed by atoms with Gasteiger partial charge in [-0.2, -0.15) is 4.99 Å². The van der Waals surface area contributed by atoms with Crippen LogP contribution in [0.25, 0.3) is 0 Å². The highest BCUT2D eigenvalue weighted by molar-refractivity contribution is 5.93. The molecule has 1 aromatic rings. The Morgan fingerprint density at radius 1 is 1.37 bits per heavy atom. The third-order valence-corrected chi connectivity index (χ3v) is 2.87. The molecular formula is C13H14N2O4. The minimum absolute atomic E-state index is 0.0707. The summed E-state index contributed by atoms with van der Waals surface area (Å²) in [5.74, 6) is -1.74. The quantitative estimate of drug-likeness (QED) is 0.602. The number of hydrogen-bond acceptors (Lipinski definition) is 4. The highest BCUT2D eigenvalue weighted by atomic mass is 16.4. The highest BCUT2D eigenvalue weighted by Gasteiger charge is 2.19. The van der Waals surface area contributed by atoms with Crippen molar-refractivity contribution in [2.75, 3.05) is 0 Å². The molecular weight excluding hydrogens is 248 g/mol. The number of isocyanates is 1. The number of aliphatic carboxylic acids is 1. The van der Waals surface area contributed by atoms with E-state index in [1.807, 2.05) is 0 Å². The van der Waals surface area contributed by atoms with Gasteiger partial charge in [-0.3, -0.25) is 4.79 Å². The molecule has 3 N–H and O–H groups in total. The predicted molar refractivity (Wildman–Crippen MR) is 67.7 cm³/mol. The number of nitrogens with zero attached hydrogens (tertiary/aromatic N) is 1. The van der Waals surface area contributed by atoms with Gasteiger partial charge in [-0.25, -0.2) is 9.59 Å². The van der Waals surface area contributed by atoms with E-state index in [0.29, 0.717) is 5.56 Å². The standard InChI is InChI=1S/C13H14N2O4/c1-7-3-9(12(14)17)4-8(2)10(7)5-11(13(18)19)15-6-16/h3-4,11H,5H2,1-2H3,(H2,14,17)(H,18,19). The van der Waals surface area contributed by atoms with Crippen molar-refractivity contribution in [3.8, 4) is 0 Å². The number of nitrogens with two attached hydrogens (primary N) is 1. The molecule has 1 aromatic carbocycles. The van der Waals surface area contributed by atoms with E-state index in [1.165, 1.54) is 6.08 Å². The molecule has 6 nitrogen and oxygen atoms in total. The maximum atomic E-state index is 11.1. The molecule has 1 rings (SSSR count). The molecule has 0 radical (unpaired) electrons. The Kier molecular flexibility index (Phi) is 4.56. The molecule has 0 heterocycles. The average Bonchev–Trinajstić information content (AvgIpc) is 2.31. The minimum atomic E-state index is -1.19. The summed E-state index contributed by atoms with van der Waals surface area (Å²) in [4.78, 5) is 35.5. The Balaban J connectivity index is 3.18. The Labute approximate surface area is 110 Å². The van der Waals surface area contributed by atoms with Crippen LogP contribution in [0, 0.1) is 13.8 Å². The maximum Gasteiger partial charge on any atom is 0.329 e. The fourth-order valence-corrected chi connectivity index (χ4v) is 1.90. The molecule has 0 saturated heterocycles. The predicted octanol–water partition coefficient (Wildman–Crippen LogP) is 0.734. The van der Waals surface area contributed by atoms with E-state index in [2.05, 4.69) is 4.99 Å². The molecule has 0 bridgehead atoms. The van der Waals surface area contributed by atoms with Crippen LogP contribution in [0.1, 0.15) is 27.0 Å². The first kappa shape index (κ1) is 14.6. The van der Waals surface area contributed by atoms with Crippen LogP contribution in [0.4, 0.5) is 0 Å². The lowest BCUT2D eigenvalue weighted by molar-refractivity contribution is -0.138. The van der Waals surface area contributed by atoms with Crippen LogP contribution in [0.15, 0.2) is 17.1 Å². The van der Waals surface area contributed by atoms with E-state index in [-0.39, 0.29) is 6.42 Å². The van der Waals surface area contributed by atoms with Crippen LogP contribution < -0.4 is 5.73 Å². The normalized spacial score (nSPS) is 11.5. The number of aliphatic imine (C=N–C) groups is 1. The monoisotopic (exact) mass is 262 g/mol. The lowest BCUT2D eigenvalue weighted by atomic mass is 9.94. The molecule has 6 heteroatoms. The van der Waals surface area contributed by atoms with Crippen molar-refractivity contribution in [1.82, 2.24) is 0 Å². The zero-order valence-corrected chi connectivity index (χ0v) is 10.6. The average molecular weight is 262 g/mol. The minimum Gasteiger partial charge on any atom is -0.480 e. The molecule has 1 unspecified atom stereocenters. The third-order valence-electron chi connectivity index (χ3n) is 2.87. The number of carbonyl (C=O) groups excluding carboxylic acids is 2. The molecule has 0 saturated carbocycles. The molecule has 1 amide bonds. The zero-order chi connectivity index (χ0) is 14.6. The smallest absolute Gasteiger partial charge is 0.329 e. The van der Waals surface area contributed by atoms with Gasteiger partial charge in [0.05, 0.1) is 0 Å². The molecule has 0 aliphatic rings. The molecule has 0 aliphatic carbocycles. The SMILES string of the molecule is Cc1cc(C(N)=O)cc(C)c1CC(N=C=O)C(=O)O. The van der Waals surface area contributed by atoms with Crippen LogP contribution in [0.3, 0.4) is 0 Å². The van der Waals surface area contributed by atoms with Crippen LogP contribution in [0.5, 0.6) is 0 Å². The van der Waals surface area contributed by atoms with Gasteiger partial charge in [-0.1, -0.05) is 0 Å². The Bertz CT molecular complexity index is 549. The summed E-state index contributed by atoms with van der Waals surface area (Å²) < 4.78 is 0. The summed E-state index contributed by atoms with van der Waals surface area (Å²) in [6, 6.07) is 2.01. The van der Waals surface area contributed by atoms with Gasteiger partial charge >= 0.3 is 5.97 Å². The summed E-state index contributed by atoms with van der Waals surface area (Å²) in [5, 5.41) is 8.94. The molecule has 0 aromatic heterocycles. The molecule has 100 valence electrons. The number of benzene rings is 1. The Morgan fingerprint density at radius 3 is 2.26 bits per heavy atom. The topological polar surface area (TPSA) is 110 Å². The maximum absolute atomic E-state index is 11.1. The number of amides is 1. The van der Waals surface area contributed by atoms with Gasteiger partial charge in [-0.15, -0.1) is 0 Å². The first-order chi connectivity index (χ1) is 8.86. The van der Waals surface area contributed by atoms with Crippen LogP contribution in [-0.2, 0) is 16.0 Å². The third kappa shape index (κ3) is 3.50. The van der Waals surface area contributed by atoms with Crippen molar-refractivity contribution in [3.63, 3.8) is 0 Å². The van der Waals surface area contributed by atoms with Crippen LogP contribution in [0.2, 0.25) is 0 Å². The summed E-state index contributed by atoms with van der Waals surface area (Å²) in [6.07, 6.45) is 1.33. The van der Waals surface area contributed by atoms with Gasteiger partial charge < -0.3 is 10.8 Å². The van der Waals surface area contributed by atoms with E-state index in [0.717, 1.165) is 16.7 Å². The number of primary amides is 1. The van der Waals surface area contributed by atoms with E-state index < -0.39 is 17.9 Å². The van der Waals surface area contributed by atoms with Crippen molar-refractivity contribution >= 4 is 18.0 Å². The van der Waals surface area contributed by atoms with Crippen molar-refractivity contribution in [2.45, 2.75) is 26.3 Å². The van der Waals surface area contributed by atoms with E-state index >= 15 is 0 Å². The molecule has 0 fully saturated rings. The molecule has 1 atom stereocenters. The Morgan fingerprint density at radius 2 is 1.89 bits per heavy atom. The van der Waals surface area contributed by atoms with Crippen LogP contribution in [-0.4, -0.2) is 29.1 Å². The van der Waals surface area contributed by atoms with E-state index in [9.17, 15) is 14.4 Å². The van der Waals surface area contributed by atoms with Crippen molar-refractivity contribution < 1.29 is 19.5 Å². The lowest BCUT2D eigenvalue weighted by Crippen LogP contribution is -2.22. The second kappa shape index (κ2) is 5.93. The number of rotatable bonds is 5. The second-order valence-corrected chi connectivity index (χ2v) is 4.23. The van der Waals surface area contributed by atoms with Crippen molar-refractivity contribution in [2.24, 2.45) is 10.7 Å². The zero-order valence-electron chi connectivity index (χ0n) is 10.6. The Hall–Kier alpha value is -2.46. The van der Waals surface area contributed by atoms with Gasteiger partial charge in [0.25, 0.3) is 0 Å². The van der Waals surface area contributed by atoms with Gasteiger partial charge in [-0.05, 0) is 42.7 Å². The first-order valence-corrected chi connectivity index (χ1v) is 5.56. The first-order valence-electron chi connectivity index (χ1n) is 5.56. The molecule has 19 heavy (non-hydrogen) atoms. The van der Waals surface area contributed by atoms with E-state index in [4.69, 9.17) is 10.8 Å². The summed E-state index contributed by atoms with van der Waals surface area (Å²) >= 11 is 0. The lowest BCUT2D eigenvalue weighted by Gasteiger charge is -2.13. The summed E-state index contributed by atoms with van der Waals surface area (Å²) in [6.45, 7) is 3.50. The fourth-order valence-electron chi connectivity index (χ4n) is 1.90. The van der Waals surface area contributed by atoms with Gasteiger partial charge in [0.2, 0.25) is 12.0 Å². The highest BCUT2D eigenvalue weighted by Crippen LogP contribution is 2.19. The van der Waals surface area contributed by atoms with E-state index in [1.54, 1.807) is 26.0 Å². The number of hydrogen-bond donors (Lipinski definition) is 2. The van der Waals surface area contributed by atoms with Crippen LogP contribution >= 0.6 is 0 Å². The number of aryl methyl sites for hydroxylation is 2. The molecule has 0 aliphatic heterocycles. The number of carboxylic acids is 1. The fraction of sp³-hybridized carbons (Fsp3) is 0.308. The summed E-state index contributed by atoms with van der Waals surface area (Å²) in [5.41, 5.74) is 7.77. The molecule has 0 spiro atoms. The van der Waals surface area contributed by atoms with Gasteiger partial charge in [0.1, 0.15) is 0 Å².